The van der Waals surface area contributed by atoms with Crippen LogP contribution in [0.1, 0.15) is 11.1 Å². The summed E-state index contributed by atoms with van der Waals surface area (Å²) in [5.74, 6) is 0.498. The molecule has 1 N–H and O–H groups in total. The Morgan fingerprint density at radius 2 is 2.13 bits per heavy atom. The van der Waals surface area contributed by atoms with Gasteiger partial charge in [-0.1, -0.05) is 22.0 Å². The number of rotatable bonds is 3. The molecule has 0 radical (unpaired) electrons. The van der Waals surface area contributed by atoms with Crippen LogP contribution in [-0.4, -0.2) is 29.7 Å². The van der Waals surface area contributed by atoms with Crippen molar-refractivity contribution in [2.75, 3.05) is 19.7 Å². The van der Waals surface area contributed by atoms with Crippen molar-refractivity contribution in [2.24, 2.45) is 5.92 Å². The van der Waals surface area contributed by atoms with Crippen molar-refractivity contribution < 1.29 is 5.11 Å². The summed E-state index contributed by atoms with van der Waals surface area (Å²) in [7, 11) is 0. The van der Waals surface area contributed by atoms with Gasteiger partial charge in [0.15, 0.2) is 0 Å². The average Bonchev–Trinajstić information content (AvgIpc) is 2.08. The van der Waals surface area contributed by atoms with Crippen LogP contribution in [0.4, 0.5) is 0 Å². The molecule has 1 saturated heterocycles. The Morgan fingerprint density at radius 1 is 1.40 bits per heavy atom. The van der Waals surface area contributed by atoms with Gasteiger partial charge in [0.1, 0.15) is 0 Å². The molecule has 1 heterocycles. The number of hydrogen-bond donors (Lipinski definition) is 1. The molecule has 0 aromatic heterocycles. The summed E-state index contributed by atoms with van der Waals surface area (Å²) in [6.45, 7) is 5.50. The number of nitrogens with zero attached hydrogens (tertiary/aromatic N) is 1. The molecule has 0 unspecified atom stereocenters. The fourth-order valence-electron chi connectivity index (χ4n) is 2.08. The average molecular weight is 270 g/mol. The van der Waals surface area contributed by atoms with Crippen LogP contribution in [0.15, 0.2) is 22.7 Å². The molecule has 0 aliphatic carbocycles. The van der Waals surface area contributed by atoms with Gasteiger partial charge in [0.2, 0.25) is 0 Å². The van der Waals surface area contributed by atoms with Crippen molar-refractivity contribution in [3.63, 3.8) is 0 Å². The Kier molecular flexibility index (Phi) is 3.44. The molecule has 0 bridgehead atoms. The molecule has 0 spiro atoms. The number of aliphatic hydroxyl groups excluding tert-OH is 1. The molecule has 1 aromatic carbocycles. The van der Waals surface area contributed by atoms with Gasteiger partial charge in [-0.25, -0.2) is 0 Å². The number of aryl methyl sites for hydroxylation is 1. The molecule has 3 heteroatoms. The predicted octanol–water partition coefficient (Wildman–Crippen LogP) is 2.18. The molecule has 2 rings (SSSR count). The SMILES string of the molecule is Cc1cc(Br)cc(CN2CC(CO)C2)c1. The minimum absolute atomic E-state index is 0.327. The van der Waals surface area contributed by atoms with E-state index in [4.69, 9.17) is 5.11 Å². The number of halogens is 1. The van der Waals surface area contributed by atoms with Crippen LogP contribution in [0.3, 0.4) is 0 Å². The summed E-state index contributed by atoms with van der Waals surface area (Å²) < 4.78 is 1.15. The molecule has 82 valence electrons. The molecule has 2 nitrogen and oxygen atoms in total. The highest BCUT2D eigenvalue weighted by atomic mass is 79.9. The monoisotopic (exact) mass is 269 g/mol. The van der Waals surface area contributed by atoms with Gasteiger partial charge in [0, 0.05) is 36.6 Å². The van der Waals surface area contributed by atoms with Crippen LogP contribution in [-0.2, 0) is 6.54 Å². The lowest BCUT2D eigenvalue weighted by molar-refractivity contribution is 0.0479. The summed E-state index contributed by atoms with van der Waals surface area (Å²) >= 11 is 3.51. The fraction of sp³-hybridized carbons (Fsp3) is 0.500. The Morgan fingerprint density at radius 3 is 2.73 bits per heavy atom. The van der Waals surface area contributed by atoms with E-state index in [1.54, 1.807) is 0 Å². The zero-order chi connectivity index (χ0) is 10.8. The lowest BCUT2D eigenvalue weighted by Crippen LogP contribution is -2.47. The minimum Gasteiger partial charge on any atom is -0.396 e. The van der Waals surface area contributed by atoms with Gasteiger partial charge in [-0.3, -0.25) is 4.90 Å². The van der Waals surface area contributed by atoms with Gasteiger partial charge in [0.25, 0.3) is 0 Å². The summed E-state index contributed by atoms with van der Waals surface area (Å²) in [6, 6.07) is 6.51. The molecule has 1 aliphatic heterocycles. The lowest BCUT2D eigenvalue weighted by Gasteiger charge is -2.38. The summed E-state index contributed by atoms with van der Waals surface area (Å²) in [4.78, 5) is 2.36. The van der Waals surface area contributed by atoms with E-state index in [9.17, 15) is 0 Å². The number of aliphatic hydroxyl groups is 1. The zero-order valence-electron chi connectivity index (χ0n) is 8.91. The number of hydrogen-bond acceptors (Lipinski definition) is 2. The van der Waals surface area contributed by atoms with Gasteiger partial charge >= 0.3 is 0 Å². The summed E-state index contributed by atoms with van der Waals surface area (Å²) in [5, 5.41) is 8.92. The Labute approximate surface area is 99.0 Å². The third-order valence-corrected chi connectivity index (χ3v) is 3.26. The molecule has 1 aliphatic rings. The van der Waals surface area contributed by atoms with Gasteiger partial charge in [-0.15, -0.1) is 0 Å². The van der Waals surface area contributed by atoms with Crippen LogP contribution in [0.25, 0.3) is 0 Å². The molecule has 1 fully saturated rings. The topological polar surface area (TPSA) is 23.5 Å². The Balaban J connectivity index is 1.94. The fourth-order valence-corrected chi connectivity index (χ4v) is 2.74. The number of benzene rings is 1. The van der Waals surface area contributed by atoms with Gasteiger partial charge < -0.3 is 5.11 Å². The van der Waals surface area contributed by atoms with Gasteiger partial charge in [-0.05, 0) is 30.2 Å². The van der Waals surface area contributed by atoms with Crippen molar-refractivity contribution >= 4 is 15.9 Å². The van der Waals surface area contributed by atoms with Crippen LogP contribution < -0.4 is 0 Å². The van der Waals surface area contributed by atoms with Gasteiger partial charge in [-0.2, -0.15) is 0 Å². The van der Waals surface area contributed by atoms with E-state index in [1.165, 1.54) is 11.1 Å². The van der Waals surface area contributed by atoms with E-state index in [0.29, 0.717) is 12.5 Å². The van der Waals surface area contributed by atoms with Crippen molar-refractivity contribution in [2.45, 2.75) is 13.5 Å². The van der Waals surface area contributed by atoms with Gasteiger partial charge in [0.05, 0.1) is 0 Å². The van der Waals surface area contributed by atoms with E-state index < -0.39 is 0 Å². The quantitative estimate of drug-likeness (QED) is 0.910. The summed E-state index contributed by atoms with van der Waals surface area (Å²) in [6.07, 6.45) is 0. The predicted molar refractivity (Wildman–Crippen MR) is 64.7 cm³/mol. The van der Waals surface area contributed by atoms with Crippen LogP contribution >= 0.6 is 15.9 Å². The van der Waals surface area contributed by atoms with Crippen molar-refractivity contribution in [1.82, 2.24) is 4.90 Å². The first-order valence-corrected chi connectivity index (χ1v) is 6.06. The molecule has 0 amide bonds. The van der Waals surface area contributed by atoms with E-state index >= 15 is 0 Å². The molecule has 0 atom stereocenters. The maximum atomic E-state index is 8.92. The van der Waals surface area contributed by atoms with E-state index in [-0.39, 0.29) is 0 Å². The first-order chi connectivity index (χ1) is 7.17. The minimum atomic E-state index is 0.327. The van der Waals surface area contributed by atoms with Crippen molar-refractivity contribution in [1.29, 1.82) is 0 Å². The van der Waals surface area contributed by atoms with Crippen molar-refractivity contribution in [3.05, 3.63) is 33.8 Å². The number of likely N-dealkylation sites (tertiary alicyclic amines) is 1. The second-order valence-corrected chi connectivity index (χ2v) is 5.30. The first kappa shape index (κ1) is 11.1. The first-order valence-electron chi connectivity index (χ1n) is 5.26. The second kappa shape index (κ2) is 4.64. The smallest absolute Gasteiger partial charge is 0.0483 e. The lowest BCUT2D eigenvalue weighted by atomic mass is 10.00. The highest BCUT2D eigenvalue weighted by Gasteiger charge is 2.25. The van der Waals surface area contributed by atoms with Crippen LogP contribution in [0, 0.1) is 12.8 Å². The highest BCUT2D eigenvalue weighted by molar-refractivity contribution is 9.10. The largest absolute Gasteiger partial charge is 0.396 e. The zero-order valence-corrected chi connectivity index (χ0v) is 10.5. The standard InChI is InChI=1S/C12H16BrNO/c1-9-2-10(4-12(13)3-9)5-14-6-11(7-14)8-15/h2-4,11,15H,5-8H2,1H3. The summed E-state index contributed by atoms with van der Waals surface area (Å²) in [5.41, 5.74) is 2.64. The van der Waals surface area contributed by atoms with Crippen LogP contribution in [0.2, 0.25) is 0 Å². The normalized spacial score (nSPS) is 17.8. The third-order valence-electron chi connectivity index (χ3n) is 2.80. The Bertz CT molecular complexity index is 327. The molecule has 0 saturated carbocycles. The maximum absolute atomic E-state index is 8.92. The molecular weight excluding hydrogens is 254 g/mol. The molecule has 1 aromatic rings. The second-order valence-electron chi connectivity index (χ2n) is 4.38. The van der Waals surface area contributed by atoms with E-state index in [2.05, 4.69) is 46.0 Å². The third kappa shape index (κ3) is 2.80. The Hall–Kier alpha value is -0.380. The van der Waals surface area contributed by atoms with E-state index in [0.717, 1.165) is 24.1 Å². The maximum Gasteiger partial charge on any atom is 0.0483 e. The highest BCUT2D eigenvalue weighted by Crippen LogP contribution is 2.21. The van der Waals surface area contributed by atoms with E-state index in [1.807, 2.05) is 0 Å². The molecule has 15 heavy (non-hydrogen) atoms. The van der Waals surface area contributed by atoms with Crippen LogP contribution in [0.5, 0.6) is 0 Å². The molecular formula is C12H16BrNO. The van der Waals surface area contributed by atoms with Crippen molar-refractivity contribution in [3.8, 4) is 0 Å².